The van der Waals surface area contributed by atoms with Crippen LogP contribution < -0.4 is 0 Å². The highest BCUT2D eigenvalue weighted by Crippen LogP contribution is 2.28. The minimum absolute atomic E-state index is 0.0319. The molecule has 1 aromatic heterocycles. The molecule has 1 aliphatic rings. The van der Waals surface area contributed by atoms with Crippen molar-refractivity contribution in [2.45, 2.75) is 26.1 Å². The molecule has 1 aromatic rings. The van der Waals surface area contributed by atoms with E-state index in [1.807, 2.05) is 0 Å². The third-order valence-electron chi connectivity index (χ3n) is 4.40. The summed E-state index contributed by atoms with van der Waals surface area (Å²) in [6.07, 6.45) is -4.59. The number of rotatable bonds is 2. The second-order valence-corrected chi connectivity index (χ2v) is 6.54. The second-order valence-electron chi connectivity index (χ2n) is 6.54. The van der Waals surface area contributed by atoms with Crippen LogP contribution in [-0.2, 0) is 15.8 Å². The molecule has 27 heavy (non-hydrogen) atoms. The monoisotopic (exact) mass is 386 g/mol. The number of piperazine rings is 1. The van der Waals surface area contributed by atoms with Crippen molar-refractivity contribution in [2.75, 3.05) is 33.7 Å². The Bertz CT molecular complexity index is 764. The van der Waals surface area contributed by atoms with Crippen LogP contribution in [0.25, 0.3) is 0 Å². The van der Waals surface area contributed by atoms with Gasteiger partial charge in [-0.3, -0.25) is 14.4 Å². The first-order chi connectivity index (χ1) is 12.4. The van der Waals surface area contributed by atoms with E-state index >= 15 is 0 Å². The van der Waals surface area contributed by atoms with E-state index in [4.69, 9.17) is 0 Å². The molecule has 1 aliphatic heterocycles. The number of carbonyl (C=O) groups excluding carboxylic acids is 3. The lowest BCUT2D eigenvalue weighted by Crippen LogP contribution is -2.61. The van der Waals surface area contributed by atoms with E-state index in [0.717, 1.165) is 12.1 Å². The molecule has 1 saturated heterocycles. The van der Waals surface area contributed by atoms with Gasteiger partial charge in [0.2, 0.25) is 11.8 Å². The van der Waals surface area contributed by atoms with Gasteiger partial charge in [0.25, 0.3) is 5.91 Å². The highest BCUT2D eigenvalue weighted by Gasteiger charge is 2.38. The fraction of sp³-hybridized carbons (Fsp3) is 0.529. The molecule has 0 aliphatic carbocycles. The maximum Gasteiger partial charge on any atom is 0.433 e. The Balaban J connectivity index is 2.27. The van der Waals surface area contributed by atoms with E-state index in [9.17, 15) is 27.6 Å². The predicted octanol–water partition coefficient (Wildman–Crippen LogP) is 1.17. The number of carbonyl (C=O) groups is 3. The molecule has 7 nitrogen and oxygen atoms in total. The van der Waals surface area contributed by atoms with Gasteiger partial charge in [0, 0.05) is 34.1 Å². The number of nitrogens with zero attached hydrogens (tertiary/aromatic N) is 4. The molecule has 10 heteroatoms. The Labute approximate surface area is 154 Å². The first-order valence-corrected chi connectivity index (χ1v) is 8.26. The van der Waals surface area contributed by atoms with E-state index in [0.29, 0.717) is 0 Å². The normalized spacial score (nSPS) is 17.7. The van der Waals surface area contributed by atoms with Crippen LogP contribution in [0.2, 0.25) is 0 Å². The summed E-state index contributed by atoms with van der Waals surface area (Å²) < 4.78 is 38.3. The molecular formula is C17H21F3N4O3. The van der Waals surface area contributed by atoms with E-state index in [1.165, 1.54) is 28.5 Å². The quantitative estimate of drug-likeness (QED) is 0.765. The molecule has 0 unspecified atom stereocenters. The number of alkyl halides is 3. The maximum absolute atomic E-state index is 12.8. The number of aromatic nitrogens is 1. The fourth-order valence-corrected chi connectivity index (χ4v) is 2.97. The van der Waals surface area contributed by atoms with Gasteiger partial charge >= 0.3 is 6.18 Å². The van der Waals surface area contributed by atoms with Crippen molar-refractivity contribution in [2.24, 2.45) is 0 Å². The zero-order chi connectivity index (χ0) is 20.5. The molecule has 0 radical (unpaired) electrons. The molecule has 0 N–H and O–H groups in total. The summed E-state index contributed by atoms with van der Waals surface area (Å²) in [4.78, 5) is 44.5. The van der Waals surface area contributed by atoms with Crippen molar-refractivity contribution in [3.8, 4) is 0 Å². The topological polar surface area (TPSA) is 73.8 Å². The number of likely N-dealkylation sites (N-methyl/N-ethyl adjacent to an activating group) is 1. The molecule has 148 valence electrons. The van der Waals surface area contributed by atoms with Crippen molar-refractivity contribution < 1.29 is 27.6 Å². The van der Waals surface area contributed by atoms with Gasteiger partial charge in [-0.15, -0.1) is 0 Å². The summed E-state index contributed by atoms with van der Waals surface area (Å²) in [7, 11) is 3.09. The molecule has 3 amide bonds. The predicted molar refractivity (Wildman–Crippen MR) is 89.7 cm³/mol. The van der Waals surface area contributed by atoms with Gasteiger partial charge in [0.15, 0.2) is 0 Å². The summed E-state index contributed by atoms with van der Waals surface area (Å²) in [5.74, 6) is -1.13. The van der Waals surface area contributed by atoms with Gasteiger partial charge in [-0.25, -0.2) is 4.98 Å². The van der Waals surface area contributed by atoms with Crippen LogP contribution in [0.3, 0.4) is 0 Å². The molecule has 2 heterocycles. The number of hydrogen-bond acceptors (Lipinski definition) is 4. The van der Waals surface area contributed by atoms with Crippen LogP contribution in [0.15, 0.2) is 12.1 Å². The number of pyridine rings is 1. The molecule has 0 bridgehead atoms. The standard InChI is InChI=1S/C17H21F3N4O3/c1-10-12(5-6-14(21-10)17(18,19)20)15(26)23-7-8-24(11(2)25)13(9-23)16(27)22(3)4/h5-6,13H,7-9H2,1-4H3/t13-/m1/s1. The van der Waals surface area contributed by atoms with Crippen LogP contribution in [0.4, 0.5) is 13.2 Å². The van der Waals surface area contributed by atoms with Crippen LogP contribution in [0.5, 0.6) is 0 Å². The van der Waals surface area contributed by atoms with Crippen LogP contribution in [-0.4, -0.2) is 77.2 Å². The van der Waals surface area contributed by atoms with Gasteiger partial charge in [0.1, 0.15) is 11.7 Å². The number of hydrogen-bond donors (Lipinski definition) is 0. The summed E-state index contributed by atoms with van der Waals surface area (Å²) in [6, 6.07) is 1.01. The maximum atomic E-state index is 12.8. The van der Waals surface area contributed by atoms with E-state index in [-0.39, 0.29) is 42.7 Å². The van der Waals surface area contributed by atoms with E-state index < -0.39 is 23.8 Å². The van der Waals surface area contributed by atoms with Crippen molar-refractivity contribution >= 4 is 17.7 Å². The van der Waals surface area contributed by atoms with Crippen molar-refractivity contribution in [3.05, 3.63) is 29.1 Å². The summed E-state index contributed by atoms with van der Waals surface area (Å²) >= 11 is 0. The summed E-state index contributed by atoms with van der Waals surface area (Å²) in [6.45, 7) is 2.98. The zero-order valence-electron chi connectivity index (χ0n) is 15.5. The highest BCUT2D eigenvalue weighted by molar-refractivity contribution is 5.96. The van der Waals surface area contributed by atoms with E-state index in [2.05, 4.69) is 4.98 Å². The number of amides is 3. The van der Waals surface area contributed by atoms with Crippen LogP contribution in [0.1, 0.15) is 28.7 Å². The molecule has 2 rings (SSSR count). The molecule has 1 atom stereocenters. The van der Waals surface area contributed by atoms with Crippen LogP contribution >= 0.6 is 0 Å². The lowest BCUT2D eigenvalue weighted by molar-refractivity contribution is -0.146. The molecule has 1 fully saturated rings. The number of halogens is 3. The summed E-state index contributed by atoms with van der Waals surface area (Å²) in [5, 5.41) is 0. The lowest BCUT2D eigenvalue weighted by atomic mass is 10.1. The molecule has 0 aromatic carbocycles. The van der Waals surface area contributed by atoms with Gasteiger partial charge in [-0.2, -0.15) is 13.2 Å². The highest BCUT2D eigenvalue weighted by atomic mass is 19.4. The Morgan fingerprint density at radius 1 is 1.19 bits per heavy atom. The molecule has 0 spiro atoms. The van der Waals surface area contributed by atoms with Gasteiger partial charge in [-0.05, 0) is 19.1 Å². The summed E-state index contributed by atoms with van der Waals surface area (Å²) in [5.41, 5.74) is -1.08. The van der Waals surface area contributed by atoms with Crippen molar-refractivity contribution in [1.29, 1.82) is 0 Å². The van der Waals surface area contributed by atoms with Gasteiger partial charge in [-0.1, -0.05) is 0 Å². The first kappa shape index (κ1) is 20.7. The Kier molecular flexibility index (Phi) is 5.76. The second kappa shape index (κ2) is 7.53. The smallest absolute Gasteiger partial charge is 0.347 e. The van der Waals surface area contributed by atoms with Gasteiger partial charge in [0.05, 0.1) is 17.8 Å². The van der Waals surface area contributed by atoms with Crippen molar-refractivity contribution in [1.82, 2.24) is 19.7 Å². The molecule has 0 saturated carbocycles. The largest absolute Gasteiger partial charge is 0.433 e. The fourth-order valence-electron chi connectivity index (χ4n) is 2.97. The third kappa shape index (κ3) is 4.37. The van der Waals surface area contributed by atoms with Crippen molar-refractivity contribution in [3.63, 3.8) is 0 Å². The third-order valence-corrected chi connectivity index (χ3v) is 4.40. The first-order valence-electron chi connectivity index (χ1n) is 8.26. The Morgan fingerprint density at radius 2 is 1.81 bits per heavy atom. The SMILES string of the molecule is CC(=O)N1CCN(C(=O)c2ccc(C(F)(F)F)nc2C)C[C@@H]1C(=O)N(C)C. The lowest BCUT2D eigenvalue weighted by Gasteiger charge is -2.41. The Morgan fingerprint density at radius 3 is 2.30 bits per heavy atom. The Hall–Kier alpha value is -2.65. The minimum atomic E-state index is -4.59. The average Bonchev–Trinajstić information content (AvgIpc) is 2.58. The van der Waals surface area contributed by atoms with E-state index in [1.54, 1.807) is 14.1 Å². The number of aryl methyl sites for hydroxylation is 1. The molecular weight excluding hydrogens is 365 g/mol. The van der Waals surface area contributed by atoms with Gasteiger partial charge < -0.3 is 14.7 Å². The average molecular weight is 386 g/mol. The minimum Gasteiger partial charge on any atom is -0.347 e. The zero-order valence-corrected chi connectivity index (χ0v) is 15.5. The van der Waals surface area contributed by atoms with Crippen LogP contribution in [0, 0.1) is 6.92 Å².